The minimum Gasteiger partial charge on any atom is -0.491 e. The van der Waals surface area contributed by atoms with Crippen LogP contribution in [-0.2, 0) is 6.42 Å². The van der Waals surface area contributed by atoms with Gasteiger partial charge in [0.1, 0.15) is 5.75 Å². The standard InChI is InChI=1S/C13H19NO/c1-9(2)15-13-8-4-5-10-11(13)6-3-7-12(10)14/h4-5,8-9,12H,3,6-7,14H2,1-2H3. The van der Waals surface area contributed by atoms with Crippen LogP contribution in [0.1, 0.15) is 43.9 Å². The zero-order valence-electron chi connectivity index (χ0n) is 9.49. The van der Waals surface area contributed by atoms with E-state index in [1.807, 2.05) is 6.07 Å². The number of benzene rings is 1. The van der Waals surface area contributed by atoms with Crippen LogP contribution < -0.4 is 10.5 Å². The van der Waals surface area contributed by atoms with E-state index in [0.717, 1.165) is 18.6 Å². The van der Waals surface area contributed by atoms with E-state index < -0.39 is 0 Å². The Morgan fingerprint density at radius 1 is 1.40 bits per heavy atom. The van der Waals surface area contributed by atoms with Gasteiger partial charge in [-0.3, -0.25) is 0 Å². The predicted octanol–water partition coefficient (Wildman–Crippen LogP) is 2.81. The van der Waals surface area contributed by atoms with Gasteiger partial charge in [0.25, 0.3) is 0 Å². The van der Waals surface area contributed by atoms with Crippen molar-refractivity contribution in [2.24, 2.45) is 5.73 Å². The molecule has 0 heterocycles. The first kappa shape index (κ1) is 10.5. The van der Waals surface area contributed by atoms with Gasteiger partial charge in [-0.05, 0) is 50.3 Å². The van der Waals surface area contributed by atoms with E-state index >= 15 is 0 Å². The van der Waals surface area contributed by atoms with Crippen LogP contribution in [0.5, 0.6) is 5.75 Å². The van der Waals surface area contributed by atoms with E-state index in [0.29, 0.717) is 0 Å². The minimum absolute atomic E-state index is 0.199. The van der Waals surface area contributed by atoms with Crippen molar-refractivity contribution in [3.05, 3.63) is 29.3 Å². The highest BCUT2D eigenvalue weighted by Crippen LogP contribution is 2.34. The highest BCUT2D eigenvalue weighted by molar-refractivity contribution is 5.43. The Labute approximate surface area is 91.4 Å². The summed E-state index contributed by atoms with van der Waals surface area (Å²) in [5.74, 6) is 1.03. The van der Waals surface area contributed by atoms with Crippen LogP contribution in [0.4, 0.5) is 0 Å². The number of fused-ring (bicyclic) bond motifs is 1. The summed E-state index contributed by atoms with van der Waals surface area (Å²) in [5.41, 5.74) is 8.69. The van der Waals surface area contributed by atoms with Crippen molar-refractivity contribution in [1.29, 1.82) is 0 Å². The third-order valence-corrected chi connectivity index (χ3v) is 2.87. The van der Waals surface area contributed by atoms with Crippen LogP contribution >= 0.6 is 0 Å². The first-order valence-electron chi connectivity index (χ1n) is 5.72. The van der Waals surface area contributed by atoms with Crippen molar-refractivity contribution >= 4 is 0 Å². The van der Waals surface area contributed by atoms with Crippen LogP contribution in [-0.4, -0.2) is 6.10 Å². The van der Waals surface area contributed by atoms with E-state index in [9.17, 15) is 0 Å². The van der Waals surface area contributed by atoms with Crippen molar-refractivity contribution < 1.29 is 4.74 Å². The van der Waals surface area contributed by atoms with Gasteiger partial charge in [0.15, 0.2) is 0 Å². The van der Waals surface area contributed by atoms with E-state index in [1.54, 1.807) is 0 Å². The fraction of sp³-hybridized carbons (Fsp3) is 0.538. The minimum atomic E-state index is 0.199. The van der Waals surface area contributed by atoms with Gasteiger partial charge in [-0.2, -0.15) is 0 Å². The van der Waals surface area contributed by atoms with Crippen LogP contribution in [0.25, 0.3) is 0 Å². The average Bonchev–Trinajstić information content (AvgIpc) is 2.19. The summed E-state index contributed by atoms with van der Waals surface area (Å²) < 4.78 is 5.81. The third kappa shape index (κ3) is 2.15. The number of hydrogen-bond acceptors (Lipinski definition) is 2. The van der Waals surface area contributed by atoms with Crippen molar-refractivity contribution in [3.8, 4) is 5.75 Å². The molecular weight excluding hydrogens is 186 g/mol. The first-order valence-corrected chi connectivity index (χ1v) is 5.72. The molecule has 0 saturated carbocycles. The van der Waals surface area contributed by atoms with E-state index in [1.165, 1.54) is 17.5 Å². The lowest BCUT2D eigenvalue weighted by molar-refractivity contribution is 0.238. The lowest BCUT2D eigenvalue weighted by atomic mass is 9.87. The van der Waals surface area contributed by atoms with E-state index in [-0.39, 0.29) is 12.1 Å². The van der Waals surface area contributed by atoms with Crippen LogP contribution in [0.15, 0.2) is 18.2 Å². The topological polar surface area (TPSA) is 35.2 Å². The van der Waals surface area contributed by atoms with Gasteiger partial charge in [-0.1, -0.05) is 12.1 Å². The van der Waals surface area contributed by atoms with Crippen molar-refractivity contribution in [2.45, 2.75) is 45.3 Å². The smallest absolute Gasteiger partial charge is 0.123 e. The first-order chi connectivity index (χ1) is 7.18. The Bertz CT molecular complexity index is 346. The Morgan fingerprint density at radius 2 is 2.20 bits per heavy atom. The summed E-state index contributed by atoms with van der Waals surface area (Å²) in [7, 11) is 0. The highest BCUT2D eigenvalue weighted by Gasteiger charge is 2.19. The molecule has 0 bridgehead atoms. The Hall–Kier alpha value is -1.02. The molecular formula is C13H19NO. The number of rotatable bonds is 2. The Morgan fingerprint density at radius 3 is 2.93 bits per heavy atom. The second-order valence-corrected chi connectivity index (χ2v) is 4.49. The molecule has 15 heavy (non-hydrogen) atoms. The molecule has 1 aromatic carbocycles. The molecule has 2 N–H and O–H groups in total. The van der Waals surface area contributed by atoms with Gasteiger partial charge in [0, 0.05) is 6.04 Å². The number of nitrogens with two attached hydrogens (primary N) is 1. The molecule has 2 nitrogen and oxygen atoms in total. The van der Waals surface area contributed by atoms with Gasteiger partial charge >= 0.3 is 0 Å². The maximum atomic E-state index is 6.09. The molecule has 0 aliphatic heterocycles. The molecule has 0 spiro atoms. The van der Waals surface area contributed by atoms with Gasteiger partial charge in [-0.15, -0.1) is 0 Å². The molecule has 2 rings (SSSR count). The van der Waals surface area contributed by atoms with Gasteiger partial charge in [0.05, 0.1) is 6.10 Å². The Balaban J connectivity index is 2.35. The average molecular weight is 205 g/mol. The maximum absolute atomic E-state index is 6.09. The second-order valence-electron chi connectivity index (χ2n) is 4.49. The van der Waals surface area contributed by atoms with Crippen molar-refractivity contribution in [1.82, 2.24) is 0 Å². The fourth-order valence-corrected chi connectivity index (χ4v) is 2.22. The summed E-state index contributed by atoms with van der Waals surface area (Å²) >= 11 is 0. The normalized spacial score (nSPS) is 20.1. The lowest BCUT2D eigenvalue weighted by Gasteiger charge is -2.25. The monoisotopic (exact) mass is 205 g/mol. The molecule has 82 valence electrons. The summed E-state index contributed by atoms with van der Waals surface area (Å²) in [6, 6.07) is 6.43. The summed E-state index contributed by atoms with van der Waals surface area (Å²) in [6.45, 7) is 4.12. The SMILES string of the molecule is CC(C)Oc1cccc2c1CCCC2N. The molecule has 1 unspecified atom stereocenters. The van der Waals surface area contributed by atoms with E-state index in [4.69, 9.17) is 10.5 Å². The molecule has 0 radical (unpaired) electrons. The Kier molecular flexibility index (Phi) is 2.96. The molecule has 2 heteroatoms. The number of ether oxygens (including phenoxy) is 1. The van der Waals surface area contributed by atoms with Gasteiger partial charge in [-0.25, -0.2) is 0 Å². The molecule has 0 saturated heterocycles. The molecule has 0 aromatic heterocycles. The van der Waals surface area contributed by atoms with Crippen LogP contribution in [0.3, 0.4) is 0 Å². The number of hydrogen-bond donors (Lipinski definition) is 1. The van der Waals surface area contributed by atoms with Gasteiger partial charge in [0.2, 0.25) is 0 Å². The summed E-state index contributed by atoms with van der Waals surface area (Å²) in [4.78, 5) is 0. The maximum Gasteiger partial charge on any atom is 0.123 e. The third-order valence-electron chi connectivity index (χ3n) is 2.87. The molecule has 1 aromatic rings. The van der Waals surface area contributed by atoms with Crippen molar-refractivity contribution in [3.63, 3.8) is 0 Å². The molecule has 0 amide bonds. The second kappa shape index (κ2) is 4.23. The van der Waals surface area contributed by atoms with Crippen molar-refractivity contribution in [2.75, 3.05) is 0 Å². The highest BCUT2D eigenvalue weighted by atomic mass is 16.5. The van der Waals surface area contributed by atoms with E-state index in [2.05, 4.69) is 26.0 Å². The summed E-state index contributed by atoms with van der Waals surface area (Å²) in [6.07, 6.45) is 3.60. The molecule has 1 atom stereocenters. The zero-order valence-corrected chi connectivity index (χ0v) is 9.49. The lowest BCUT2D eigenvalue weighted by Crippen LogP contribution is -2.19. The zero-order chi connectivity index (χ0) is 10.8. The molecule has 1 aliphatic rings. The van der Waals surface area contributed by atoms with Crippen LogP contribution in [0.2, 0.25) is 0 Å². The summed E-state index contributed by atoms with van der Waals surface area (Å²) in [5, 5.41) is 0. The molecule has 0 fully saturated rings. The fourth-order valence-electron chi connectivity index (χ4n) is 2.22. The largest absolute Gasteiger partial charge is 0.491 e. The quantitative estimate of drug-likeness (QED) is 0.805. The van der Waals surface area contributed by atoms with Crippen LogP contribution in [0, 0.1) is 0 Å². The van der Waals surface area contributed by atoms with Gasteiger partial charge < -0.3 is 10.5 Å². The predicted molar refractivity (Wildman–Crippen MR) is 62.1 cm³/mol. The molecule has 1 aliphatic carbocycles.